The quantitative estimate of drug-likeness (QED) is 0.566. The zero-order valence-electron chi connectivity index (χ0n) is 17.8. The maximum Gasteiger partial charge on any atom is 0.230 e. The van der Waals surface area contributed by atoms with Gasteiger partial charge in [0.2, 0.25) is 11.9 Å². The van der Waals surface area contributed by atoms with Crippen molar-refractivity contribution in [1.29, 1.82) is 0 Å². The van der Waals surface area contributed by atoms with Crippen LogP contribution in [-0.4, -0.2) is 53.1 Å². The van der Waals surface area contributed by atoms with Gasteiger partial charge in [0, 0.05) is 31.1 Å². The van der Waals surface area contributed by atoms with Gasteiger partial charge in [-0.05, 0) is 36.4 Å². The Kier molecular flexibility index (Phi) is 6.69. The zero-order chi connectivity index (χ0) is 20.9. The predicted molar refractivity (Wildman–Crippen MR) is 126 cm³/mol. The number of piperazine rings is 1. The highest BCUT2D eigenvalue weighted by Crippen LogP contribution is 2.39. The molecule has 0 saturated carbocycles. The van der Waals surface area contributed by atoms with Gasteiger partial charge in [-0.3, -0.25) is 0 Å². The van der Waals surface area contributed by atoms with Gasteiger partial charge in [0.15, 0.2) is 0 Å². The van der Waals surface area contributed by atoms with Crippen LogP contribution in [-0.2, 0) is 0 Å². The Morgan fingerprint density at radius 3 is 2.53 bits per heavy atom. The predicted octanol–water partition coefficient (Wildman–Crippen LogP) is 4.38. The first kappa shape index (κ1) is 20.9. The number of anilines is 2. The number of hydrogen-bond acceptors (Lipinski definition) is 7. The SMILES string of the molecule is CCCCC(Sc1ccc2ccccc2c1)c1nc(N)nc(N2CCN(C)CC2)n1. The number of nitrogen functional groups attached to an aromatic ring is 1. The fraction of sp³-hybridized carbons (Fsp3) is 0.435. The molecule has 0 spiro atoms. The van der Waals surface area contributed by atoms with Crippen LogP contribution in [0.5, 0.6) is 0 Å². The number of hydrogen-bond donors (Lipinski definition) is 1. The Labute approximate surface area is 182 Å². The highest BCUT2D eigenvalue weighted by Gasteiger charge is 2.22. The highest BCUT2D eigenvalue weighted by molar-refractivity contribution is 7.99. The molecule has 1 aromatic heterocycles. The highest BCUT2D eigenvalue weighted by atomic mass is 32.2. The lowest BCUT2D eigenvalue weighted by Crippen LogP contribution is -2.45. The van der Waals surface area contributed by atoms with Gasteiger partial charge in [-0.15, -0.1) is 11.8 Å². The molecule has 0 radical (unpaired) electrons. The van der Waals surface area contributed by atoms with Gasteiger partial charge in [0.05, 0.1) is 5.25 Å². The van der Waals surface area contributed by atoms with E-state index in [4.69, 9.17) is 10.7 Å². The molecular weight excluding hydrogens is 392 g/mol. The normalized spacial score (nSPS) is 16.1. The van der Waals surface area contributed by atoms with E-state index in [2.05, 4.69) is 76.2 Å². The minimum absolute atomic E-state index is 0.155. The topological polar surface area (TPSA) is 71.2 Å². The van der Waals surface area contributed by atoms with Gasteiger partial charge in [-0.2, -0.15) is 15.0 Å². The summed E-state index contributed by atoms with van der Waals surface area (Å²) in [7, 11) is 2.14. The van der Waals surface area contributed by atoms with Gasteiger partial charge in [0.25, 0.3) is 0 Å². The van der Waals surface area contributed by atoms with Crippen LogP contribution in [0.2, 0.25) is 0 Å². The van der Waals surface area contributed by atoms with Crippen molar-refractivity contribution >= 4 is 34.4 Å². The van der Waals surface area contributed by atoms with Crippen LogP contribution in [0.25, 0.3) is 10.8 Å². The van der Waals surface area contributed by atoms with E-state index < -0.39 is 0 Å². The lowest BCUT2D eigenvalue weighted by molar-refractivity contribution is 0.311. The summed E-state index contributed by atoms with van der Waals surface area (Å²) in [6.07, 6.45) is 3.28. The molecule has 158 valence electrons. The van der Waals surface area contributed by atoms with Crippen molar-refractivity contribution in [2.24, 2.45) is 0 Å². The fourth-order valence-corrected chi connectivity index (χ4v) is 4.89. The van der Waals surface area contributed by atoms with Crippen LogP contribution in [0.4, 0.5) is 11.9 Å². The molecule has 0 bridgehead atoms. The third-order valence-electron chi connectivity index (χ3n) is 5.55. The molecule has 3 aromatic rings. The van der Waals surface area contributed by atoms with Crippen LogP contribution in [0.1, 0.15) is 37.3 Å². The summed E-state index contributed by atoms with van der Waals surface area (Å²) in [5.41, 5.74) is 6.12. The number of rotatable bonds is 7. The van der Waals surface area contributed by atoms with Gasteiger partial charge < -0.3 is 15.5 Å². The van der Waals surface area contributed by atoms with Crippen molar-refractivity contribution in [3.8, 4) is 0 Å². The maximum absolute atomic E-state index is 6.12. The second-order valence-corrected chi connectivity index (χ2v) is 9.18. The number of thioether (sulfide) groups is 1. The van der Waals surface area contributed by atoms with Crippen LogP contribution in [0.15, 0.2) is 47.4 Å². The second-order valence-electron chi connectivity index (χ2n) is 7.90. The molecule has 0 amide bonds. The Hall–Kier alpha value is -2.38. The Balaban J connectivity index is 1.60. The number of nitrogens with zero attached hydrogens (tertiary/aromatic N) is 5. The molecule has 1 saturated heterocycles. The lowest BCUT2D eigenvalue weighted by atomic mass is 10.1. The molecule has 4 rings (SSSR count). The van der Waals surface area contributed by atoms with E-state index in [9.17, 15) is 0 Å². The standard InChI is InChI=1S/C23H30N6S/c1-3-4-9-20(30-19-11-10-17-7-5-6-8-18(17)16-19)21-25-22(24)27-23(26-21)29-14-12-28(2)13-15-29/h5-8,10-11,16,20H,3-4,9,12-15H2,1-2H3,(H2,24,25,26,27). The third-order valence-corrected chi connectivity index (χ3v) is 6.81. The monoisotopic (exact) mass is 422 g/mol. The summed E-state index contributed by atoms with van der Waals surface area (Å²) in [5.74, 6) is 1.82. The third kappa shape index (κ3) is 5.02. The van der Waals surface area contributed by atoms with E-state index in [0.717, 1.165) is 51.3 Å². The first-order valence-electron chi connectivity index (χ1n) is 10.7. The average Bonchev–Trinajstić information content (AvgIpc) is 2.76. The van der Waals surface area contributed by atoms with Crippen molar-refractivity contribution in [2.45, 2.75) is 36.3 Å². The van der Waals surface area contributed by atoms with Crippen LogP contribution < -0.4 is 10.6 Å². The Morgan fingerprint density at radius 1 is 1.00 bits per heavy atom. The first-order chi connectivity index (χ1) is 14.6. The zero-order valence-corrected chi connectivity index (χ0v) is 18.6. The fourth-order valence-electron chi connectivity index (χ4n) is 3.72. The number of fused-ring (bicyclic) bond motifs is 1. The molecule has 6 nitrogen and oxygen atoms in total. The van der Waals surface area contributed by atoms with Crippen molar-refractivity contribution in [1.82, 2.24) is 19.9 Å². The first-order valence-corrected chi connectivity index (χ1v) is 11.6. The minimum Gasteiger partial charge on any atom is -0.368 e. The molecule has 7 heteroatoms. The summed E-state index contributed by atoms with van der Waals surface area (Å²) < 4.78 is 0. The van der Waals surface area contributed by atoms with Gasteiger partial charge in [0.1, 0.15) is 5.82 Å². The van der Waals surface area contributed by atoms with E-state index in [0.29, 0.717) is 11.9 Å². The molecule has 1 fully saturated rings. The van der Waals surface area contributed by atoms with Crippen LogP contribution in [0.3, 0.4) is 0 Å². The van der Waals surface area contributed by atoms with Crippen molar-refractivity contribution in [3.05, 3.63) is 48.3 Å². The minimum atomic E-state index is 0.155. The van der Waals surface area contributed by atoms with Crippen molar-refractivity contribution in [3.63, 3.8) is 0 Å². The Bertz CT molecular complexity index is 986. The second kappa shape index (κ2) is 9.62. The Morgan fingerprint density at radius 2 is 1.77 bits per heavy atom. The molecule has 1 atom stereocenters. The largest absolute Gasteiger partial charge is 0.368 e. The molecule has 2 aromatic carbocycles. The number of unbranched alkanes of at least 4 members (excludes halogenated alkanes) is 1. The summed E-state index contributed by atoms with van der Waals surface area (Å²) in [5, 5.41) is 2.67. The van der Waals surface area contributed by atoms with E-state index >= 15 is 0 Å². The van der Waals surface area contributed by atoms with Crippen molar-refractivity contribution < 1.29 is 0 Å². The molecule has 1 aliphatic heterocycles. The smallest absolute Gasteiger partial charge is 0.230 e. The molecule has 2 heterocycles. The van der Waals surface area contributed by atoms with Gasteiger partial charge in [-0.25, -0.2) is 0 Å². The number of aromatic nitrogens is 3. The van der Waals surface area contributed by atoms with E-state index in [-0.39, 0.29) is 5.25 Å². The van der Waals surface area contributed by atoms with E-state index in [1.54, 1.807) is 0 Å². The summed E-state index contributed by atoms with van der Waals surface area (Å²) in [4.78, 5) is 19.7. The van der Waals surface area contributed by atoms with Gasteiger partial charge in [-0.1, -0.05) is 50.1 Å². The molecule has 2 N–H and O–H groups in total. The van der Waals surface area contributed by atoms with Crippen LogP contribution in [0, 0.1) is 0 Å². The number of likely N-dealkylation sites (N-methyl/N-ethyl adjacent to an activating group) is 1. The van der Waals surface area contributed by atoms with Crippen molar-refractivity contribution in [2.75, 3.05) is 43.9 Å². The number of benzene rings is 2. The number of nitrogens with two attached hydrogens (primary N) is 1. The summed E-state index contributed by atoms with van der Waals surface area (Å²) in [6.45, 7) is 6.06. The maximum atomic E-state index is 6.12. The molecule has 1 unspecified atom stereocenters. The molecule has 0 aliphatic carbocycles. The van der Waals surface area contributed by atoms with E-state index in [1.807, 2.05) is 11.8 Å². The lowest BCUT2D eigenvalue weighted by Gasteiger charge is -2.32. The summed E-state index contributed by atoms with van der Waals surface area (Å²) in [6, 6.07) is 15.1. The molecule has 1 aliphatic rings. The molecular formula is C23H30N6S. The van der Waals surface area contributed by atoms with Crippen LogP contribution >= 0.6 is 11.8 Å². The molecule has 30 heavy (non-hydrogen) atoms. The summed E-state index contributed by atoms with van der Waals surface area (Å²) >= 11 is 1.83. The average molecular weight is 423 g/mol. The van der Waals surface area contributed by atoms with Gasteiger partial charge >= 0.3 is 0 Å². The van der Waals surface area contributed by atoms with E-state index in [1.165, 1.54) is 15.7 Å².